The number of likely N-dealkylation sites (tertiary alicyclic amines) is 1. The highest BCUT2D eigenvalue weighted by Gasteiger charge is 2.46. The molecule has 4 N–H and O–H groups in total. The molecule has 0 aliphatic carbocycles. The molecule has 0 radical (unpaired) electrons. The van der Waals surface area contributed by atoms with Gasteiger partial charge in [0.25, 0.3) is 11.5 Å². The van der Waals surface area contributed by atoms with E-state index in [0.717, 1.165) is 24.9 Å². The van der Waals surface area contributed by atoms with Gasteiger partial charge in [0.2, 0.25) is 0 Å². The van der Waals surface area contributed by atoms with Crippen LogP contribution >= 0.6 is 0 Å². The van der Waals surface area contributed by atoms with Crippen LogP contribution in [0.4, 0.5) is 17.3 Å². The lowest BCUT2D eigenvalue weighted by molar-refractivity contribution is 0.0755. The summed E-state index contributed by atoms with van der Waals surface area (Å²) in [6.45, 7) is 5.16. The van der Waals surface area contributed by atoms with Crippen molar-refractivity contribution in [1.29, 1.82) is 0 Å². The molecular weight excluding hydrogens is 346 g/mol. The number of nitrogens with one attached hydrogen (secondary N) is 2. The summed E-state index contributed by atoms with van der Waals surface area (Å²) in [5.74, 6) is 0.633. The van der Waals surface area contributed by atoms with Crippen LogP contribution in [0.2, 0.25) is 0 Å². The molecule has 4 rings (SSSR count). The van der Waals surface area contributed by atoms with Crippen LogP contribution in [-0.4, -0.2) is 45.5 Å². The van der Waals surface area contributed by atoms with Crippen LogP contribution in [0.5, 0.6) is 0 Å². The first-order chi connectivity index (χ1) is 12.8. The first-order valence-corrected chi connectivity index (χ1v) is 8.95. The quantitative estimate of drug-likeness (QED) is 0.713. The number of carbonyl (C=O) groups excluding carboxylic acids is 1. The minimum atomic E-state index is -0.710. The highest BCUT2D eigenvalue weighted by atomic mass is 16.2. The van der Waals surface area contributed by atoms with E-state index >= 15 is 0 Å². The zero-order valence-electron chi connectivity index (χ0n) is 15.7. The van der Waals surface area contributed by atoms with Crippen LogP contribution in [0.15, 0.2) is 17.2 Å². The van der Waals surface area contributed by atoms with Crippen molar-refractivity contribution in [3.8, 4) is 0 Å². The molecule has 1 atom stereocenters. The van der Waals surface area contributed by atoms with Crippen molar-refractivity contribution in [2.75, 3.05) is 31.2 Å². The molecule has 4 heterocycles. The lowest BCUT2D eigenvalue weighted by Crippen LogP contribution is -2.57. The van der Waals surface area contributed by atoms with Gasteiger partial charge in [0.1, 0.15) is 35.0 Å². The van der Waals surface area contributed by atoms with E-state index in [0.29, 0.717) is 35.1 Å². The highest BCUT2D eigenvalue weighted by Crippen LogP contribution is 2.33. The monoisotopic (exact) mass is 369 g/mol. The van der Waals surface area contributed by atoms with Crippen LogP contribution in [0.25, 0.3) is 0 Å². The second kappa shape index (κ2) is 6.05. The zero-order valence-corrected chi connectivity index (χ0v) is 15.7. The van der Waals surface area contributed by atoms with Crippen LogP contribution < -0.4 is 21.9 Å². The van der Waals surface area contributed by atoms with Gasteiger partial charge in [-0.05, 0) is 51.9 Å². The fourth-order valence-electron chi connectivity index (χ4n) is 4.10. The third-order valence-corrected chi connectivity index (χ3v) is 5.42. The molecule has 2 aliphatic rings. The number of aryl methyl sites for hydroxylation is 1. The number of carbonyl (C=O) groups is 1. The number of nitrogens with two attached hydrogens (primary N) is 1. The third-order valence-electron chi connectivity index (χ3n) is 5.42. The van der Waals surface area contributed by atoms with Crippen molar-refractivity contribution in [2.45, 2.75) is 32.4 Å². The average Bonchev–Trinajstić information content (AvgIpc) is 2.88. The Balaban J connectivity index is 1.86. The third kappa shape index (κ3) is 2.66. The van der Waals surface area contributed by atoms with Gasteiger partial charge in [0.05, 0.1) is 0 Å². The number of piperidine rings is 1. The van der Waals surface area contributed by atoms with Crippen LogP contribution in [-0.2, 0) is 5.66 Å². The second-order valence-corrected chi connectivity index (χ2v) is 7.41. The largest absolute Gasteiger partial charge is 0.383 e. The molecule has 142 valence electrons. The molecule has 1 fully saturated rings. The Bertz CT molecular complexity index is 1000. The number of fused-ring (bicyclic) bond motifs is 2. The molecule has 0 saturated carbocycles. The van der Waals surface area contributed by atoms with E-state index in [2.05, 4.69) is 25.5 Å². The van der Waals surface area contributed by atoms with E-state index in [1.807, 2.05) is 14.0 Å². The minimum absolute atomic E-state index is 0.200. The Morgan fingerprint density at radius 2 is 2.07 bits per heavy atom. The predicted octanol–water partition coefficient (Wildman–Crippen LogP) is 0.703. The van der Waals surface area contributed by atoms with Crippen molar-refractivity contribution < 1.29 is 4.79 Å². The normalized spacial score (nSPS) is 22.0. The molecule has 1 saturated heterocycles. The number of pyridine rings is 1. The summed E-state index contributed by atoms with van der Waals surface area (Å²) in [5.41, 5.74) is 7.08. The smallest absolute Gasteiger partial charge is 0.276 e. The Kier molecular flexibility index (Phi) is 3.92. The molecule has 27 heavy (non-hydrogen) atoms. The maximum absolute atomic E-state index is 13.4. The summed E-state index contributed by atoms with van der Waals surface area (Å²) in [6, 6.07) is 1.69. The number of nitrogen functional groups attached to an aromatic ring is 1. The number of rotatable bonds is 2. The van der Waals surface area contributed by atoms with Crippen LogP contribution in [0, 0.1) is 13.8 Å². The van der Waals surface area contributed by atoms with Gasteiger partial charge in [-0.3, -0.25) is 14.2 Å². The van der Waals surface area contributed by atoms with E-state index < -0.39 is 5.66 Å². The van der Waals surface area contributed by atoms with Gasteiger partial charge >= 0.3 is 0 Å². The van der Waals surface area contributed by atoms with Gasteiger partial charge in [0, 0.05) is 12.1 Å². The standard InChI is InChI=1S/C18H23N7O2/c1-10-7-12(22-15-11(2)14(19)20-9-21-15)17(27)25-13(10)16(26)23-18(25)5-4-6-24(3)8-18/h7,9H,4-6,8H2,1-3H3,(H,23,26)(H3,19,20,21,22)/t18-/m1/s1. The van der Waals surface area contributed by atoms with E-state index in [1.165, 1.54) is 6.33 Å². The minimum Gasteiger partial charge on any atom is -0.383 e. The zero-order chi connectivity index (χ0) is 19.3. The Morgan fingerprint density at radius 1 is 1.30 bits per heavy atom. The lowest BCUT2D eigenvalue weighted by Gasteiger charge is -2.39. The molecule has 2 aromatic heterocycles. The SMILES string of the molecule is Cc1cc(Nc2ncnc(N)c2C)c(=O)n2c1C(=O)N[C@]21CCCN(C)C1. The predicted molar refractivity (Wildman–Crippen MR) is 102 cm³/mol. The summed E-state index contributed by atoms with van der Waals surface area (Å²) < 4.78 is 1.63. The molecule has 2 aliphatic heterocycles. The summed E-state index contributed by atoms with van der Waals surface area (Å²) in [4.78, 5) is 36.3. The van der Waals surface area contributed by atoms with Crippen molar-refractivity contribution in [2.24, 2.45) is 0 Å². The summed E-state index contributed by atoms with van der Waals surface area (Å²) in [5, 5.41) is 6.15. The van der Waals surface area contributed by atoms with Crippen LogP contribution in [0.1, 0.15) is 34.5 Å². The van der Waals surface area contributed by atoms with Gasteiger partial charge in [-0.15, -0.1) is 0 Å². The topological polar surface area (TPSA) is 118 Å². The van der Waals surface area contributed by atoms with Crippen molar-refractivity contribution in [3.63, 3.8) is 0 Å². The van der Waals surface area contributed by atoms with E-state index in [-0.39, 0.29) is 11.5 Å². The van der Waals surface area contributed by atoms with Crippen molar-refractivity contribution in [3.05, 3.63) is 39.6 Å². The molecule has 2 aromatic rings. The van der Waals surface area contributed by atoms with E-state index in [9.17, 15) is 9.59 Å². The Hall–Kier alpha value is -2.94. The second-order valence-electron chi connectivity index (χ2n) is 7.41. The molecule has 9 heteroatoms. The van der Waals surface area contributed by atoms with E-state index in [1.54, 1.807) is 17.6 Å². The number of anilines is 3. The van der Waals surface area contributed by atoms with Gasteiger partial charge in [-0.25, -0.2) is 9.97 Å². The number of aromatic nitrogens is 3. The Morgan fingerprint density at radius 3 is 2.81 bits per heavy atom. The Labute approximate surface area is 156 Å². The summed E-state index contributed by atoms with van der Waals surface area (Å²) in [7, 11) is 2.00. The van der Waals surface area contributed by atoms with Gasteiger partial charge in [0.15, 0.2) is 0 Å². The van der Waals surface area contributed by atoms with E-state index in [4.69, 9.17) is 5.73 Å². The van der Waals surface area contributed by atoms with Gasteiger partial charge < -0.3 is 21.3 Å². The molecule has 9 nitrogen and oxygen atoms in total. The van der Waals surface area contributed by atoms with Gasteiger partial charge in [-0.1, -0.05) is 0 Å². The fourth-order valence-corrected chi connectivity index (χ4v) is 4.10. The molecular formula is C18H23N7O2. The van der Waals surface area contributed by atoms with Crippen molar-refractivity contribution >= 4 is 23.2 Å². The fraction of sp³-hybridized carbons (Fsp3) is 0.444. The molecule has 1 spiro atoms. The van der Waals surface area contributed by atoms with Gasteiger partial charge in [-0.2, -0.15) is 0 Å². The maximum atomic E-state index is 13.4. The number of amides is 1. The van der Waals surface area contributed by atoms with Crippen LogP contribution in [0.3, 0.4) is 0 Å². The highest BCUT2D eigenvalue weighted by molar-refractivity contribution is 5.97. The molecule has 0 unspecified atom stereocenters. The first-order valence-electron chi connectivity index (χ1n) is 8.95. The number of hydrogen-bond acceptors (Lipinski definition) is 7. The average molecular weight is 369 g/mol. The number of hydrogen-bond donors (Lipinski definition) is 3. The molecule has 0 bridgehead atoms. The first kappa shape index (κ1) is 17.5. The molecule has 1 amide bonds. The van der Waals surface area contributed by atoms with Crippen molar-refractivity contribution in [1.82, 2.24) is 24.8 Å². The summed E-state index contributed by atoms with van der Waals surface area (Å²) >= 11 is 0. The molecule has 0 aromatic carbocycles. The number of nitrogens with zero attached hydrogens (tertiary/aromatic N) is 4. The summed E-state index contributed by atoms with van der Waals surface area (Å²) in [6.07, 6.45) is 2.98. The maximum Gasteiger partial charge on any atom is 0.276 e. The number of likely N-dealkylation sites (N-methyl/N-ethyl adjacent to an activating group) is 1. The lowest BCUT2D eigenvalue weighted by atomic mass is 9.98.